The number of hydrogen-bond donors (Lipinski definition) is 0. The van der Waals surface area contributed by atoms with Crippen LogP contribution in [0.3, 0.4) is 0 Å². The first-order valence-corrected chi connectivity index (χ1v) is 6.13. The van der Waals surface area contributed by atoms with Crippen molar-refractivity contribution in [2.24, 2.45) is 0 Å². The highest BCUT2D eigenvalue weighted by Crippen LogP contribution is 2.27. The topological polar surface area (TPSA) is 34.1 Å². The number of Topliss-reactive ketones (excluding diaryl/α,β-unsaturated/α-hetero) is 2. The van der Waals surface area contributed by atoms with Crippen LogP contribution in [0.4, 0.5) is 0 Å². The summed E-state index contributed by atoms with van der Waals surface area (Å²) in [7, 11) is 0. The summed E-state index contributed by atoms with van der Waals surface area (Å²) in [5.74, 6) is -0.359. The van der Waals surface area contributed by atoms with Crippen molar-refractivity contribution in [2.75, 3.05) is 0 Å². The van der Waals surface area contributed by atoms with Gasteiger partial charge in [-0.3, -0.25) is 9.59 Å². The zero-order valence-corrected chi connectivity index (χ0v) is 10.5. The van der Waals surface area contributed by atoms with Crippen LogP contribution in [0.1, 0.15) is 31.8 Å². The summed E-state index contributed by atoms with van der Waals surface area (Å²) in [4.78, 5) is 24.4. The minimum absolute atomic E-state index is 0.179. The monoisotopic (exact) mass is 248 g/mol. The van der Waals surface area contributed by atoms with Crippen LogP contribution < -0.4 is 0 Å². The fraction of sp³-hybridized carbons (Fsp3) is 0.0588. The molecule has 0 N–H and O–H groups in total. The van der Waals surface area contributed by atoms with E-state index in [1.165, 1.54) is 0 Å². The van der Waals surface area contributed by atoms with Gasteiger partial charge in [-0.05, 0) is 18.6 Å². The van der Waals surface area contributed by atoms with Crippen LogP contribution in [0.25, 0.3) is 6.08 Å². The van der Waals surface area contributed by atoms with E-state index in [1.807, 2.05) is 31.2 Å². The summed E-state index contributed by atoms with van der Waals surface area (Å²) in [5, 5.41) is 0. The summed E-state index contributed by atoms with van der Waals surface area (Å²) in [5.41, 5.74) is 3.28. The summed E-state index contributed by atoms with van der Waals surface area (Å²) in [6, 6.07) is 14.7. The SMILES string of the molecule is Cc1ccc(C=C2C(=O)c3ccccc3C2=O)cc1. The summed E-state index contributed by atoms with van der Waals surface area (Å²) < 4.78 is 0. The van der Waals surface area contributed by atoms with E-state index in [9.17, 15) is 9.59 Å². The average molecular weight is 248 g/mol. The van der Waals surface area contributed by atoms with Gasteiger partial charge in [0.05, 0.1) is 5.57 Å². The Morgan fingerprint density at radius 1 is 0.789 bits per heavy atom. The highest BCUT2D eigenvalue weighted by Gasteiger charge is 2.32. The van der Waals surface area contributed by atoms with Crippen molar-refractivity contribution in [2.45, 2.75) is 6.92 Å². The molecule has 0 unspecified atom stereocenters. The van der Waals surface area contributed by atoms with Gasteiger partial charge in [0, 0.05) is 11.1 Å². The molecule has 0 saturated heterocycles. The van der Waals surface area contributed by atoms with Crippen LogP contribution >= 0.6 is 0 Å². The molecular weight excluding hydrogens is 236 g/mol. The number of ketones is 2. The van der Waals surface area contributed by atoms with Crippen molar-refractivity contribution in [1.82, 2.24) is 0 Å². The fourth-order valence-corrected chi connectivity index (χ4v) is 2.23. The maximum Gasteiger partial charge on any atom is 0.197 e. The highest BCUT2D eigenvalue weighted by molar-refractivity contribution is 6.41. The molecule has 0 aliphatic heterocycles. The van der Waals surface area contributed by atoms with Gasteiger partial charge in [-0.25, -0.2) is 0 Å². The van der Waals surface area contributed by atoms with E-state index >= 15 is 0 Å². The molecule has 2 nitrogen and oxygen atoms in total. The lowest BCUT2D eigenvalue weighted by Crippen LogP contribution is -2.00. The first kappa shape index (κ1) is 11.6. The fourth-order valence-electron chi connectivity index (χ4n) is 2.23. The molecule has 0 radical (unpaired) electrons. The number of fused-ring (bicyclic) bond motifs is 1. The summed E-state index contributed by atoms with van der Waals surface area (Å²) >= 11 is 0. The number of hydrogen-bond acceptors (Lipinski definition) is 2. The van der Waals surface area contributed by atoms with Crippen molar-refractivity contribution in [3.05, 3.63) is 76.4 Å². The van der Waals surface area contributed by atoms with Crippen molar-refractivity contribution >= 4 is 17.6 Å². The van der Waals surface area contributed by atoms with E-state index in [0.717, 1.165) is 11.1 Å². The Kier molecular flexibility index (Phi) is 2.64. The second kappa shape index (κ2) is 4.32. The van der Waals surface area contributed by atoms with Gasteiger partial charge >= 0.3 is 0 Å². The number of allylic oxidation sites excluding steroid dienone is 1. The lowest BCUT2D eigenvalue weighted by atomic mass is 10.1. The quantitative estimate of drug-likeness (QED) is 0.572. The third-order valence-corrected chi connectivity index (χ3v) is 3.29. The predicted octanol–water partition coefficient (Wildman–Crippen LogP) is 3.46. The van der Waals surface area contributed by atoms with Gasteiger partial charge in [0.25, 0.3) is 0 Å². The number of carbonyl (C=O) groups excluding carboxylic acids is 2. The molecule has 1 aliphatic carbocycles. The zero-order valence-electron chi connectivity index (χ0n) is 10.5. The van der Waals surface area contributed by atoms with E-state index in [0.29, 0.717) is 11.1 Å². The second-order valence-corrected chi connectivity index (χ2v) is 4.67. The molecule has 0 heterocycles. The maximum absolute atomic E-state index is 12.2. The van der Waals surface area contributed by atoms with Gasteiger partial charge in [0.2, 0.25) is 0 Å². The molecule has 0 amide bonds. The molecule has 3 rings (SSSR count). The van der Waals surface area contributed by atoms with Gasteiger partial charge in [-0.15, -0.1) is 0 Å². The molecule has 0 spiro atoms. The van der Waals surface area contributed by atoms with E-state index in [2.05, 4.69) is 0 Å². The van der Waals surface area contributed by atoms with Crippen LogP contribution in [0.5, 0.6) is 0 Å². The smallest absolute Gasteiger partial charge is 0.197 e. The predicted molar refractivity (Wildman–Crippen MR) is 74.3 cm³/mol. The Labute approximate surface area is 111 Å². The van der Waals surface area contributed by atoms with Crippen LogP contribution in [0.2, 0.25) is 0 Å². The van der Waals surface area contributed by atoms with Gasteiger partial charge in [-0.2, -0.15) is 0 Å². The van der Waals surface area contributed by atoms with Gasteiger partial charge < -0.3 is 0 Å². The first-order valence-electron chi connectivity index (χ1n) is 6.13. The first-order chi connectivity index (χ1) is 9.16. The number of rotatable bonds is 1. The van der Waals surface area contributed by atoms with E-state index < -0.39 is 0 Å². The van der Waals surface area contributed by atoms with E-state index in [-0.39, 0.29) is 17.1 Å². The van der Waals surface area contributed by atoms with Crippen molar-refractivity contribution in [1.29, 1.82) is 0 Å². The molecule has 92 valence electrons. The maximum atomic E-state index is 12.2. The molecule has 0 saturated carbocycles. The van der Waals surface area contributed by atoms with Crippen molar-refractivity contribution in [3.8, 4) is 0 Å². The molecule has 1 aliphatic rings. The number of carbonyl (C=O) groups is 2. The summed E-state index contributed by atoms with van der Waals surface area (Å²) in [6.07, 6.45) is 1.67. The Morgan fingerprint density at radius 3 is 1.84 bits per heavy atom. The molecule has 0 fully saturated rings. The lowest BCUT2D eigenvalue weighted by Gasteiger charge is -1.97. The molecule has 0 bridgehead atoms. The van der Waals surface area contributed by atoms with Gasteiger partial charge in [0.15, 0.2) is 11.6 Å². The minimum atomic E-state index is -0.179. The van der Waals surface area contributed by atoms with Crippen LogP contribution in [-0.2, 0) is 0 Å². The second-order valence-electron chi connectivity index (χ2n) is 4.67. The lowest BCUT2D eigenvalue weighted by molar-refractivity contribution is 0.0990. The van der Waals surface area contributed by atoms with Gasteiger partial charge in [0.1, 0.15) is 0 Å². The zero-order chi connectivity index (χ0) is 13.4. The van der Waals surface area contributed by atoms with Crippen LogP contribution in [0.15, 0.2) is 54.1 Å². The Hall–Kier alpha value is -2.48. The molecule has 2 aromatic rings. The molecule has 0 aromatic heterocycles. The van der Waals surface area contributed by atoms with E-state index in [4.69, 9.17) is 0 Å². The minimum Gasteiger partial charge on any atom is -0.288 e. The number of benzene rings is 2. The Bertz CT molecular complexity index is 669. The van der Waals surface area contributed by atoms with Crippen molar-refractivity contribution in [3.63, 3.8) is 0 Å². The molecule has 2 aromatic carbocycles. The molecule has 19 heavy (non-hydrogen) atoms. The normalized spacial score (nSPS) is 13.6. The van der Waals surface area contributed by atoms with E-state index in [1.54, 1.807) is 30.3 Å². The molecular formula is C17H12O2. The van der Waals surface area contributed by atoms with Crippen LogP contribution in [-0.4, -0.2) is 11.6 Å². The third kappa shape index (κ3) is 1.91. The molecule has 0 atom stereocenters. The van der Waals surface area contributed by atoms with Crippen LogP contribution in [0, 0.1) is 6.92 Å². The highest BCUT2D eigenvalue weighted by atomic mass is 16.2. The average Bonchev–Trinajstić information content (AvgIpc) is 2.67. The summed E-state index contributed by atoms with van der Waals surface area (Å²) in [6.45, 7) is 2.00. The standard InChI is InChI=1S/C17H12O2/c1-11-6-8-12(9-7-11)10-15-16(18)13-4-2-3-5-14(13)17(15)19/h2-10H,1H3. The largest absolute Gasteiger partial charge is 0.288 e. The third-order valence-electron chi connectivity index (χ3n) is 3.29. The van der Waals surface area contributed by atoms with Crippen molar-refractivity contribution < 1.29 is 9.59 Å². The number of aryl methyl sites for hydroxylation is 1. The van der Waals surface area contributed by atoms with Gasteiger partial charge in [-0.1, -0.05) is 54.1 Å². The Balaban J connectivity index is 2.07. The molecule has 2 heteroatoms. The Morgan fingerprint density at radius 2 is 1.32 bits per heavy atom.